The Morgan fingerprint density at radius 1 is 1.06 bits per heavy atom. The highest BCUT2D eigenvalue weighted by atomic mass is 35.5. The van der Waals surface area contributed by atoms with E-state index < -0.39 is 0 Å². The second-order valence-corrected chi connectivity index (χ2v) is 9.40. The van der Waals surface area contributed by atoms with Crippen LogP contribution in [0.25, 0.3) is 0 Å². The molecule has 0 saturated carbocycles. The van der Waals surface area contributed by atoms with E-state index in [-0.39, 0.29) is 11.9 Å². The zero-order valence-electron chi connectivity index (χ0n) is 19.5. The van der Waals surface area contributed by atoms with Gasteiger partial charge in [-0.2, -0.15) is 0 Å². The average molecular weight is 486 g/mol. The molecule has 5 rings (SSSR count). The Kier molecular flexibility index (Phi) is 7.31. The molecule has 2 aliphatic rings. The van der Waals surface area contributed by atoms with Crippen molar-refractivity contribution >= 4 is 23.2 Å². The van der Waals surface area contributed by atoms with Gasteiger partial charge >= 0.3 is 0 Å². The number of aromatic nitrogens is 2. The van der Waals surface area contributed by atoms with Gasteiger partial charge in [0, 0.05) is 55.9 Å². The van der Waals surface area contributed by atoms with E-state index in [2.05, 4.69) is 56.6 Å². The fraction of sp³-hybridized carbons (Fsp3) is 0.286. The number of aryl methyl sites for hydroxylation is 1. The Hall–Kier alpha value is -3.35. The average Bonchev–Trinajstić information content (AvgIpc) is 3.40. The molecule has 35 heavy (non-hydrogen) atoms. The van der Waals surface area contributed by atoms with Crippen molar-refractivity contribution < 1.29 is 4.79 Å². The molecule has 0 spiro atoms. The van der Waals surface area contributed by atoms with Gasteiger partial charge in [0.15, 0.2) is 0 Å². The number of hydrogen-bond donors (Lipinski definition) is 1. The molecule has 7 heteroatoms. The largest absolute Gasteiger partial charge is 0.348 e. The van der Waals surface area contributed by atoms with Crippen molar-refractivity contribution in [1.82, 2.24) is 20.2 Å². The van der Waals surface area contributed by atoms with Gasteiger partial charge in [-0.3, -0.25) is 19.7 Å². The van der Waals surface area contributed by atoms with Gasteiger partial charge in [-0.15, -0.1) is 0 Å². The smallest absolute Gasteiger partial charge is 0.251 e. The van der Waals surface area contributed by atoms with Gasteiger partial charge in [0.2, 0.25) is 0 Å². The Morgan fingerprint density at radius 3 is 2.71 bits per heavy atom. The zero-order chi connectivity index (χ0) is 24.0. The number of nitrogens with zero attached hydrogens (tertiary/aromatic N) is 4. The van der Waals surface area contributed by atoms with Crippen LogP contribution in [0.5, 0.6) is 0 Å². The molecule has 178 valence electrons. The molecule has 1 aromatic carbocycles. The minimum Gasteiger partial charge on any atom is -0.348 e. The van der Waals surface area contributed by atoms with Crippen LogP contribution < -0.4 is 5.32 Å². The van der Waals surface area contributed by atoms with Crippen molar-refractivity contribution in [3.8, 4) is 0 Å². The number of halogens is 1. The Bertz CT molecular complexity index is 1250. The topological polar surface area (TPSA) is 70.5 Å². The molecule has 0 saturated heterocycles. The van der Waals surface area contributed by atoms with Crippen molar-refractivity contribution in [2.45, 2.75) is 44.8 Å². The fourth-order valence-electron chi connectivity index (χ4n) is 4.78. The maximum Gasteiger partial charge on any atom is 0.251 e. The third-order valence-electron chi connectivity index (χ3n) is 6.56. The summed E-state index contributed by atoms with van der Waals surface area (Å²) in [7, 11) is 0. The third-order valence-corrected chi connectivity index (χ3v) is 6.76. The van der Waals surface area contributed by atoms with Crippen LogP contribution in [-0.4, -0.2) is 33.0 Å². The monoisotopic (exact) mass is 485 g/mol. The minimum absolute atomic E-state index is 0.168. The van der Waals surface area contributed by atoms with Crippen LogP contribution in [0.15, 0.2) is 78.2 Å². The first-order chi connectivity index (χ1) is 17.2. The van der Waals surface area contributed by atoms with E-state index >= 15 is 0 Å². The molecule has 0 bridgehead atoms. The lowest BCUT2D eigenvalue weighted by Gasteiger charge is -2.35. The van der Waals surface area contributed by atoms with Crippen LogP contribution in [0.1, 0.15) is 58.0 Å². The van der Waals surface area contributed by atoms with Crippen molar-refractivity contribution in [2.24, 2.45) is 4.99 Å². The summed E-state index contributed by atoms with van der Waals surface area (Å²) >= 11 is 5.89. The normalized spacial score (nSPS) is 16.7. The van der Waals surface area contributed by atoms with Gasteiger partial charge in [0.1, 0.15) is 5.15 Å². The summed E-state index contributed by atoms with van der Waals surface area (Å²) in [5.41, 5.74) is 6.55. The number of nitrogens with one attached hydrogen (secondary N) is 1. The first-order valence-corrected chi connectivity index (χ1v) is 12.4. The number of carbonyl (C=O) groups excluding carboxylic acids is 1. The Labute approximate surface area is 210 Å². The summed E-state index contributed by atoms with van der Waals surface area (Å²) in [4.78, 5) is 28.2. The van der Waals surface area contributed by atoms with E-state index in [1.165, 1.54) is 35.2 Å². The minimum atomic E-state index is -0.168. The molecular formula is C28H28ClN5O. The van der Waals surface area contributed by atoms with Gasteiger partial charge in [0.05, 0.1) is 11.7 Å². The molecule has 0 fully saturated rings. The van der Waals surface area contributed by atoms with Crippen LogP contribution in [-0.2, 0) is 19.5 Å². The third kappa shape index (κ3) is 5.84. The number of amides is 1. The number of allylic oxidation sites excluding steroid dienone is 1. The molecule has 1 atom stereocenters. The molecule has 1 aliphatic heterocycles. The Balaban J connectivity index is 1.27. The predicted octanol–water partition coefficient (Wildman–Crippen LogP) is 5.30. The number of pyridine rings is 2. The first kappa shape index (κ1) is 23.4. The van der Waals surface area contributed by atoms with Crippen molar-refractivity contribution in [3.63, 3.8) is 0 Å². The Morgan fingerprint density at radius 2 is 1.91 bits per heavy atom. The van der Waals surface area contributed by atoms with Crippen molar-refractivity contribution in [3.05, 3.63) is 106 Å². The van der Waals surface area contributed by atoms with E-state index in [0.717, 1.165) is 37.9 Å². The second kappa shape index (κ2) is 10.9. The standard InChI is InChI=1S/C28H28ClN5O/c29-26-16-23(12-15-31-26)28(35)33-17-20-8-10-21(11-9-20)18-34(19-24-6-3-13-30-24)25-7-1-4-22-5-2-14-32-27(22)25/h2-3,5,8-16,25H,1,4,6-7,17-19H2,(H,33,35). The van der Waals surface area contributed by atoms with E-state index in [1.807, 2.05) is 18.5 Å². The van der Waals surface area contributed by atoms with Crippen LogP contribution in [0.4, 0.5) is 0 Å². The number of carbonyl (C=O) groups is 1. The molecule has 2 aromatic heterocycles. The molecule has 0 radical (unpaired) electrons. The molecular weight excluding hydrogens is 458 g/mol. The predicted molar refractivity (Wildman–Crippen MR) is 138 cm³/mol. The molecule has 6 nitrogen and oxygen atoms in total. The van der Waals surface area contributed by atoms with Gasteiger partial charge in [-0.05, 0) is 54.2 Å². The van der Waals surface area contributed by atoms with Crippen molar-refractivity contribution in [2.75, 3.05) is 6.54 Å². The number of aliphatic imine (C=N–C) groups is 1. The maximum atomic E-state index is 12.4. The molecule has 3 heterocycles. The van der Waals surface area contributed by atoms with E-state index in [4.69, 9.17) is 16.6 Å². The maximum absolute atomic E-state index is 12.4. The summed E-state index contributed by atoms with van der Waals surface area (Å²) in [6.07, 6.45) is 11.8. The van der Waals surface area contributed by atoms with Gasteiger partial charge in [-0.1, -0.05) is 48.0 Å². The van der Waals surface area contributed by atoms with Crippen molar-refractivity contribution in [1.29, 1.82) is 0 Å². The van der Waals surface area contributed by atoms with Gasteiger partial charge < -0.3 is 5.32 Å². The lowest BCUT2D eigenvalue weighted by atomic mass is 9.90. The molecule has 1 N–H and O–H groups in total. The van der Waals surface area contributed by atoms with E-state index in [9.17, 15) is 4.79 Å². The number of rotatable bonds is 8. The number of fused-ring (bicyclic) bond motifs is 1. The molecule has 3 aromatic rings. The number of benzene rings is 1. The van der Waals surface area contributed by atoms with Crippen LogP contribution in [0.2, 0.25) is 5.15 Å². The summed E-state index contributed by atoms with van der Waals surface area (Å²) in [6, 6.07) is 16.2. The van der Waals surface area contributed by atoms with Crippen LogP contribution in [0, 0.1) is 0 Å². The van der Waals surface area contributed by atoms with E-state index in [0.29, 0.717) is 17.3 Å². The summed E-state index contributed by atoms with van der Waals surface area (Å²) < 4.78 is 0. The van der Waals surface area contributed by atoms with E-state index in [1.54, 1.807) is 12.1 Å². The lowest BCUT2D eigenvalue weighted by molar-refractivity contribution is 0.0951. The fourth-order valence-corrected chi connectivity index (χ4v) is 4.96. The summed E-state index contributed by atoms with van der Waals surface area (Å²) in [6.45, 7) is 2.10. The lowest BCUT2D eigenvalue weighted by Crippen LogP contribution is -2.35. The van der Waals surface area contributed by atoms with Crippen LogP contribution in [0.3, 0.4) is 0 Å². The molecule has 1 unspecified atom stereocenters. The SMILES string of the molecule is O=C(NCc1ccc(CN(CC2=NC=CC2)C2CCCc3cccnc32)cc1)c1ccnc(Cl)c1. The quantitative estimate of drug-likeness (QED) is 0.439. The summed E-state index contributed by atoms with van der Waals surface area (Å²) in [5.74, 6) is -0.168. The summed E-state index contributed by atoms with van der Waals surface area (Å²) in [5, 5.41) is 3.25. The van der Waals surface area contributed by atoms with Crippen LogP contribution >= 0.6 is 11.6 Å². The van der Waals surface area contributed by atoms with Gasteiger partial charge in [-0.25, -0.2) is 4.98 Å². The molecule has 1 amide bonds. The second-order valence-electron chi connectivity index (χ2n) is 9.01. The highest BCUT2D eigenvalue weighted by Gasteiger charge is 2.28. The highest BCUT2D eigenvalue weighted by molar-refractivity contribution is 6.29. The van der Waals surface area contributed by atoms with Gasteiger partial charge in [0.25, 0.3) is 5.91 Å². The zero-order valence-corrected chi connectivity index (χ0v) is 20.3. The molecule has 1 aliphatic carbocycles. The number of hydrogen-bond acceptors (Lipinski definition) is 5. The first-order valence-electron chi connectivity index (χ1n) is 12.0. The highest BCUT2D eigenvalue weighted by Crippen LogP contribution is 2.34.